The van der Waals surface area contributed by atoms with E-state index in [2.05, 4.69) is 34.2 Å². The summed E-state index contributed by atoms with van der Waals surface area (Å²) >= 11 is 0. The van der Waals surface area contributed by atoms with E-state index >= 15 is 0 Å². The Labute approximate surface area is 288 Å². The lowest BCUT2D eigenvalue weighted by atomic mass is 9.69. The molecule has 3 aromatic rings. The molecule has 0 spiro atoms. The van der Waals surface area contributed by atoms with Crippen LogP contribution in [0.5, 0.6) is 0 Å². The first kappa shape index (κ1) is 37.3. The van der Waals surface area contributed by atoms with E-state index in [9.17, 15) is 24.6 Å². The van der Waals surface area contributed by atoms with Crippen LogP contribution in [0.1, 0.15) is 80.9 Å². The molecule has 6 atom stereocenters. The zero-order valence-electron chi connectivity index (χ0n) is 28.3. The summed E-state index contributed by atoms with van der Waals surface area (Å²) in [4.78, 5) is 42.1. The lowest BCUT2D eigenvalue weighted by Gasteiger charge is -2.40. The maximum absolute atomic E-state index is 12.2. The average molecular weight is 672 g/mol. The largest absolute Gasteiger partial charge is 0.478 e. The molecule has 264 valence electrons. The van der Waals surface area contributed by atoms with Crippen molar-refractivity contribution in [1.82, 2.24) is 4.98 Å². The summed E-state index contributed by atoms with van der Waals surface area (Å²) in [5.41, 5.74) is 22.0. The monoisotopic (exact) mass is 671 g/mol. The van der Waals surface area contributed by atoms with Crippen LogP contribution in [0.2, 0.25) is 0 Å². The van der Waals surface area contributed by atoms with Gasteiger partial charge in [0.05, 0.1) is 6.04 Å². The van der Waals surface area contributed by atoms with E-state index in [0.29, 0.717) is 24.2 Å². The molecule has 1 aliphatic carbocycles. The summed E-state index contributed by atoms with van der Waals surface area (Å²) in [5.74, 6) is -0.486. The van der Waals surface area contributed by atoms with Crippen LogP contribution in [0.25, 0.3) is 16.1 Å². The number of aliphatic imine (C=N–C) groups is 1. The number of aldehydes is 2. The number of hydrogen-bond donors (Lipinski definition) is 6. The van der Waals surface area contributed by atoms with E-state index in [-0.39, 0.29) is 42.8 Å². The molecule has 1 aromatic heterocycles. The Balaban J connectivity index is 1.72. The number of carbonyl (C=O) groups is 3. The predicted octanol–water partition coefficient (Wildman–Crippen LogP) is 5.17. The summed E-state index contributed by atoms with van der Waals surface area (Å²) in [7, 11) is 0. The first-order chi connectivity index (χ1) is 23.6. The number of hydrogen-bond acceptors (Lipinski definition) is 6. The smallest absolute Gasteiger partial charge is 0.328 e. The molecule has 49 heavy (non-hydrogen) atoms. The van der Waals surface area contributed by atoms with Gasteiger partial charge in [0.15, 0.2) is 5.96 Å². The third-order valence-electron chi connectivity index (χ3n) is 9.72. The van der Waals surface area contributed by atoms with Crippen LogP contribution in [0, 0.1) is 11.8 Å². The summed E-state index contributed by atoms with van der Waals surface area (Å²) in [6.45, 7) is 1.67. The lowest BCUT2D eigenvalue weighted by molar-refractivity contribution is -0.131. The van der Waals surface area contributed by atoms with Crippen molar-refractivity contribution >= 4 is 41.1 Å². The Bertz CT molecular complexity index is 1600. The minimum absolute atomic E-state index is 0.00836. The van der Waals surface area contributed by atoms with Crippen molar-refractivity contribution in [2.75, 3.05) is 6.61 Å². The minimum atomic E-state index is -1.14. The van der Waals surface area contributed by atoms with Crippen LogP contribution in [-0.2, 0) is 27.2 Å². The van der Waals surface area contributed by atoms with Gasteiger partial charge in [-0.05, 0) is 102 Å². The van der Waals surface area contributed by atoms with Gasteiger partial charge in [-0.1, -0.05) is 67.8 Å². The van der Waals surface area contributed by atoms with E-state index < -0.39 is 18.1 Å². The molecule has 0 radical (unpaired) electrons. The van der Waals surface area contributed by atoms with Gasteiger partial charge in [-0.25, -0.2) is 9.79 Å². The van der Waals surface area contributed by atoms with Crippen molar-refractivity contribution < 1.29 is 24.6 Å². The second-order valence-electron chi connectivity index (χ2n) is 13.4. The number of aromatic amines is 1. The molecule has 11 heteroatoms. The molecule has 0 saturated heterocycles. The van der Waals surface area contributed by atoms with E-state index in [1.807, 2.05) is 25.1 Å². The Kier molecular flexibility index (Phi) is 14.0. The molecule has 1 heterocycles. The summed E-state index contributed by atoms with van der Waals surface area (Å²) in [6.07, 6.45) is 11.7. The molecule has 0 fully saturated rings. The second-order valence-corrected chi connectivity index (χ2v) is 13.4. The molecule has 0 bridgehead atoms. The summed E-state index contributed by atoms with van der Waals surface area (Å²) in [6, 6.07) is 13.0. The third kappa shape index (κ3) is 10.8. The van der Waals surface area contributed by atoms with Crippen molar-refractivity contribution in [3.63, 3.8) is 0 Å². The number of carboxylic acid groups (broad SMARTS) is 1. The van der Waals surface area contributed by atoms with E-state index in [0.717, 1.165) is 79.9 Å². The van der Waals surface area contributed by atoms with Gasteiger partial charge in [0.2, 0.25) is 0 Å². The average Bonchev–Trinajstić information content (AvgIpc) is 3.58. The molecular formula is C38H51N6O5-. The molecule has 0 aliphatic heterocycles. The number of nitrogens with one attached hydrogen (secondary N) is 1. The number of aliphatic carboxylic acids is 1. The number of H-pyrrole nitrogens is 1. The van der Waals surface area contributed by atoms with E-state index in [1.165, 1.54) is 11.1 Å². The Morgan fingerprint density at radius 1 is 1.10 bits per heavy atom. The number of aryl methyl sites for hydroxylation is 1. The zero-order chi connectivity index (χ0) is 35.3. The molecule has 11 nitrogen and oxygen atoms in total. The Morgan fingerprint density at radius 3 is 2.59 bits per heavy atom. The fraction of sp³-hybridized carbons (Fsp3) is 0.474. The second kappa shape index (κ2) is 18.3. The van der Waals surface area contributed by atoms with Crippen LogP contribution < -0.4 is 17.2 Å². The van der Waals surface area contributed by atoms with Crippen molar-refractivity contribution in [3.8, 4) is 0 Å². The van der Waals surface area contributed by atoms with E-state index in [4.69, 9.17) is 22.5 Å². The van der Waals surface area contributed by atoms with Gasteiger partial charge < -0.3 is 47.3 Å². The first-order valence-corrected chi connectivity index (χ1v) is 17.3. The highest BCUT2D eigenvalue weighted by molar-refractivity contribution is 5.86. The molecule has 2 aromatic carbocycles. The van der Waals surface area contributed by atoms with Crippen molar-refractivity contribution in [3.05, 3.63) is 82.3 Å². The van der Waals surface area contributed by atoms with Crippen LogP contribution in [0.4, 0.5) is 5.82 Å². The number of carbonyl (C=O) groups excluding carboxylic acids is 2. The number of carboxylic acids is 1. The highest BCUT2D eigenvalue weighted by Gasteiger charge is 2.33. The third-order valence-corrected chi connectivity index (χ3v) is 9.72. The molecular weight excluding hydrogens is 620 g/mol. The standard InChI is InChI=1S/C38H51N6O5/c1-24(23-47)7-12-30(39)4-2-5-31-28(11-10-27-19-26-9-8-25(13-16-45)18-29(26)20-32(27)31)21-35(43-36-6-3-15-42-36)33(22-37(48)49)34(14-17-46)44-38(40)41/h3,6,8-9,15-16,18-20,22-24,28,30-31,34-35,42,46H,2,4-5,7,10-14,17,21,39H2,1H3,(H,48,49)(H4,40,41,44)/q-1. The molecule has 1 aliphatic rings. The SMILES string of the molecule is CC(C=O)CCC(N)CCCC1c2cc3cc(CC=O)ccc3cc2CCC1CC([N-]c1ccc[nH]1)C(=CC(=O)O)C(CCO)N=C(N)N. The lowest BCUT2D eigenvalue weighted by Crippen LogP contribution is -2.32. The highest BCUT2D eigenvalue weighted by Crippen LogP contribution is 2.45. The maximum atomic E-state index is 12.2. The Morgan fingerprint density at radius 2 is 1.92 bits per heavy atom. The quantitative estimate of drug-likeness (QED) is 0.0407. The normalized spacial score (nSPS) is 18.6. The number of benzene rings is 2. The highest BCUT2D eigenvalue weighted by atomic mass is 16.4. The predicted molar refractivity (Wildman–Crippen MR) is 194 cm³/mol. The number of aliphatic hydroxyl groups is 1. The number of aliphatic hydroxyl groups excluding tert-OH is 1. The topological polar surface area (TPSA) is 212 Å². The van der Waals surface area contributed by atoms with Gasteiger partial charge in [-0.15, -0.1) is 0 Å². The van der Waals surface area contributed by atoms with Gasteiger partial charge in [0.25, 0.3) is 0 Å². The van der Waals surface area contributed by atoms with Crippen LogP contribution in [0.3, 0.4) is 0 Å². The fourth-order valence-electron chi connectivity index (χ4n) is 7.24. The van der Waals surface area contributed by atoms with Crippen LogP contribution >= 0.6 is 0 Å². The van der Waals surface area contributed by atoms with Crippen molar-refractivity contribution in [1.29, 1.82) is 0 Å². The van der Waals surface area contributed by atoms with Gasteiger partial charge in [-0.2, -0.15) is 0 Å². The minimum Gasteiger partial charge on any atom is -0.478 e. The first-order valence-electron chi connectivity index (χ1n) is 17.3. The molecule has 9 N–H and O–H groups in total. The number of nitrogens with zero attached hydrogens (tertiary/aromatic N) is 2. The number of nitrogens with two attached hydrogens (primary N) is 3. The van der Waals surface area contributed by atoms with Gasteiger partial charge in [0.1, 0.15) is 12.6 Å². The summed E-state index contributed by atoms with van der Waals surface area (Å²) in [5, 5.41) is 27.1. The number of rotatable bonds is 20. The molecule has 4 rings (SSSR count). The number of guanidine groups is 1. The van der Waals surface area contributed by atoms with Gasteiger partial charge in [-0.3, -0.25) is 0 Å². The molecule has 0 amide bonds. The molecule has 6 unspecified atom stereocenters. The number of aromatic nitrogens is 1. The summed E-state index contributed by atoms with van der Waals surface area (Å²) < 4.78 is 0. The van der Waals surface area contributed by atoms with Gasteiger partial charge in [0, 0.05) is 31.1 Å². The maximum Gasteiger partial charge on any atom is 0.328 e. The van der Waals surface area contributed by atoms with Crippen molar-refractivity contribution in [2.45, 2.75) is 95.2 Å². The van der Waals surface area contributed by atoms with E-state index in [1.54, 1.807) is 6.20 Å². The Hall–Kier alpha value is -4.48. The van der Waals surface area contributed by atoms with Crippen molar-refractivity contribution in [2.24, 2.45) is 34.0 Å². The molecule has 0 saturated carbocycles. The van der Waals surface area contributed by atoms with Crippen LogP contribution in [0.15, 0.2) is 65.3 Å². The van der Waals surface area contributed by atoms with Crippen LogP contribution in [-0.4, -0.2) is 64.4 Å². The number of fused-ring (bicyclic) bond motifs is 2. The fourth-order valence-corrected chi connectivity index (χ4v) is 7.24. The zero-order valence-corrected chi connectivity index (χ0v) is 28.3. The van der Waals surface area contributed by atoms with Gasteiger partial charge >= 0.3 is 5.97 Å².